The van der Waals surface area contributed by atoms with Crippen LogP contribution in [0.3, 0.4) is 0 Å². The molecule has 36 heavy (non-hydrogen) atoms. The molecule has 0 spiro atoms. The third kappa shape index (κ3) is 7.29. The van der Waals surface area contributed by atoms with Crippen molar-refractivity contribution >= 4 is 23.6 Å². The number of nitrogens with one attached hydrogen (secondary N) is 3. The Morgan fingerprint density at radius 3 is 2.03 bits per heavy atom. The second kappa shape index (κ2) is 11.7. The van der Waals surface area contributed by atoms with Gasteiger partial charge < -0.3 is 31.2 Å². The first kappa shape index (κ1) is 26.7. The van der Waals surface area contributed by atoms with Gasteiger partial charge in [-0.15, -0.1) is 0 Å². The number of amides is 4. The zero-order valence-electron chi connectivity index (χ0n) is 20.6. The van der Waals surface area contributed by atoms with E-state index in [-0.39, 0.29) is 25.2 Å². The van der Waals surface area contributed by atoms with Crippen molar-refractivity contribution in [3.05, 3.63) is 65.7 Å². The van der Waals surface area contributed by atoms with Crippen molar-refractivity contribution in [1.29, 1.82) is 0 Å². The SMILES string of the molecule is COc1ccc(C[C@H](NC(=O)[C@H](C)NC(N)=O)C(=O)N[C@@H](Cc2ccccc2)C(=O)[C@@]2(C)CO2)cc1. The lowest BCUT2D eigenvalue weighted by molar-refractivity contribution is -0.133. The fraction of sp³-hybridized carbons (Fsp3) is 0.385. The largest absolute Gasteiger partial charge is 0.497 e. The standard InChI is InChI=1S/C26H32N4O6/c1-16(28-25(27)34)23(32)30-21(14-18-9-11-19(35-3)12-10-18)24(33)29-20(22(31)26(2)15-36-26)13-17-7-5-4-6-8-17/h4-12,16,20-21H,13-15H2,1-3H3,(H,29,33)(H,30,32)(H3,27,28,34)/t16-,20-,21-,26+/m0/s1. The topological polar surface area (TPSA) is 152 Å². The number of epoxide rings is 1. The molecule has 10 nitrogen and oxygen atoms in total. The number of hydrogen-bond acceptors (Lipinski definition) is 6. The minimum absolute atomic E-state index is 0.144. The lowest BCUT2D eigenvalue weighted by Crippen LogP contribution is -2.57. The van der Waals surface area contributed by atoms with E-state index in [4.69, 9.17) is 15.2 Å². The smallest absolute Gasteiger partial charge is 0.312 e. The van der Waals surface area contributed by atoms with Crippen molar-refractivity contribution in [3.63, 3.8) is 0 Å². The molecule has 2 aromatic rings. The molecule has 0 radical (unpaired) electrons. The lowest BCUT2D eigenvalue weighted by atomic mass is 9.94. The highest BCUT2D eigenvalue weighted by Crippen LogP contribution is 2.29. The second-order valence-electron chi connectivity index (χ2n) is 8.98. The Morgan fingerprint density at radius 2 is 1.47 bits per heavy atom. The lowest BCUT2D eigenvalue weighted by Gasteiger charge is -2.25. The number of ketones is 1. The summed E-state index contributed by atoms with van der Waals surface area (Å²) in [4.78, 5) is 50.5. The van der Waals surface area contributed by atoms with Crippen molar-refractivity contribution in [3.8, 4) is 5.75 Å². The second-order valence-corrected chi connectivity index (χ2v) is 8.98. The molecule has 1 saturated heterocycles. The van der Waals surface area contributed by atoms with Gasteiger partial charge in [0.2, 0.25) is 11.8 Å². The molecule has 5 N–H and O–H groups in total. The van der Waals surface area contributed by atoms with Gasteiger partial charge in [-0.05, 0) is 43.5 Å². The van der Waals surface area contributed by atoms with Crippen molar-refractivity contribution in [2.75, 3.05) is 13.7 Å². The molecule has 0 bridgehead atoms. The van der Waals surface area contributed by atoms with Crippen molar-refractivity contribution < 1.29 is 28.7 Å². The van der Waals surface area contributed by atoms with Crippen LogP contribution in [-0.4, -0.2) is 61.1 Å². The van der Waals surface area contributed by atoms with E-state index < -0.39 is 41.6 Å². The number of hydrogen-bond donors (Lipinski definition) is 4. The quantitative estimate of drug-likeness (QED) is 0.320. The molecule has 10 heteroatoms. The molecule has 2 aromatic carbocycles. The minimum atomic E-state index is -1.03. The van der Waals surface area contributed by atoms with Gasteiger partial charge in [-0.25, -0.2) is 4.79 Å². The van der Waals surface area contributed by atoms with E-state index in [0.29, 0.717) is 5.75 Å². The summed E-state index contributed by atoms with van der Waals surface area (Å²) in [6, 6.07) is 12.7. The Labute approximate surface area is 209 Å². The van der Waals surface area contributed by atoms with E-state index in [0.717, 1.165) is 11.1 Å². The summed E-state index contributed by atoms with van der Waals surface area (Å²) in [6.45, 7) is 3.43. The summed E-state index contributed by atoms with van der Waals surface area (Å²) in [6.07, 6.45) is 0.415. The molecule has 3 rings (SSSR count). The maximum atomic E-state index is 13.4. The van der Waals surface area contributed by atoms with Crippen LogP contribution in [0.4, 0.5) is 4.79 Å². The van der Waals surface area contributed by atoms with Gasteiger partial charge in [-0.1, -0.05) is 42.5 Å². The first-order valence-electron chi connectivity index (χ1n) is 11.6. The zero-order valence-corrected chi connectivity index (χ0v) is 20.6. The third-order valence-corrected chi connectivity index (χ3v) is 6.00. The monoisotopic (exact) mass is 496 g/mol. The molecular formula is C26H32N4O6. The summed E-state index contributed by atoms with van der Waals surface area (Å²) in [7, 11) is 1.55. The van der Waals surface area contributed by atoms with Crippen LogP contribution in [-0.2, 0) is 32.0 Å². The van der Waals surface area contributed by atoms with Crippen LogP contribution >= 0.6 is 0 Å². The average Bonchev–Trinajstić information content (AvgIpc) is 3.61. The summed E-state index contributed by atoms with van der Waals surface area (Å²) in [5, 5.41) is 7.78. The van der Waals surface area contributed by atoms with E-state index in [1.54, 1.807) is 38.3 Å². The number of methoxy groups -OCH3 is 1. The van der Waals surface area contributed by atoms with E-state index in [1.165, 1.54) is 6.92 Å². The van der Waals surface area contributed by atoms with Gasteiger partial charge in [0.05, 0.1) is 19.8 Å². The fourth-order valence-corrected chi connectivity index (χ4v) is 3.73. The Kier molecular flexibility index (Phi) is 8.65. The maximum absolute atomic E-state index is 13.4. The Hall–Kier alpha value is -3.92. The van der Waals surface area contributed by atoms with E-state index in [9.17, 15) is 19.2 Å². The Morgan fingerprint density at radius 1 is 0.917 bits per heavy atom. The third-order valence-electron chi connectivity index (χ3n) is 6.00. The first-order chi connectivity index (χ1) is 17.1. The molecule has 0 saturated carbocycles. The van der Waals surface area contributed by atoms with Gasteiger partial charge >= 0.3 is 6.03 Å². The van der Waals surface area contributed by atoms with E-state index in [2.05, 4.69) is 16.0 Å². The van der Waals surface area contributed by atoms with Crippen LogP contribution in [0.5, 0.6) is 5.75 Å². The van der Waals surface area contributed by atoms with Crippen molar-refractivity contribution in [2.24, 2.45) is 5.73 Å². The first-order valence-corrected chi connectivity index (χ1v) is 11.6. The number of Topliss-reactive ketones (excluding diaryl/α,β-unsaturated/α-hetero) is 1. The van der Waals surface area contributed by atoms with Gasteiger partial charge in [-0.3, -0.25) is 14.4 Å². The van der Waals surface area contributed by atoms with Crippen molar-refractivity contribution in [1.82, 2.24) is 16.0 Å². The highest BCUT2D eigenvalue weighted by atomic mass is 16.6. The molecule has 1 aliphatic rings. The molecular weight excluding hydrogens is 464 g/mol. The number of carbonyl (C=O) groups excluding carboxylic acids is 4. The number of urea groups is 1. The zero-order chi connectivity index (χ0) is 26.3. The number of primary amides is 1. The van der Waals surface area contributed by atoms with Gasteiger partial charge in [-0.2, -0.15) is 0 Å². The highest BCUT2D eigenvalue weighted by Gasteiger charge is 2.50. The summed E-state index contributed by atoms with van der Waals surface area (Å²) < 4.78 is 10.5. The summed E-state index contributed by atoms with van der Waals surface area (Å²) in [5.74, 6) is -0.720. The molecule has 1 heterocycles. The minimum Gasteiger partial charge on any atom is -0.497 e. The molecule has 1 fully saturated rings. The molecule has 0 unspecified atom stereocenters. The van der Waals surface area contributed by atoms with Crippen LogP contribution in [0, 0.1) is 0 Å². The highest BCUT2D eigenvalue weighted by molar-refractivity contribution is 5.98. The number of benzene rings is 2. The predicted octanol–water partition coefficient (Wildman–Crippen LogP) is 0.865. The molecule has 0 aromatic heterocycles. The normalized spacial score (nSPS) is 18.8. The number of rotatable bonds is 12. The number of ether oxygens (including phenoxy) is 2. The van der Waals surface area contributed by atoms with Crippen LogP contribution in [0.25, 0.3) is 0 Å². The summed E-state index contributed by atoms with van der Waals surface area (Å²) in [5.41, 5.74) is 5.81. The molecule has 4 atom stereocenters. The number of nitrogens with two attached hydrogens (primary N) is 1. The van der Waals surface area contributed by atoms with E-state index in [1.807, 2.05) is 30.3 Å². The Bertz CT molecular complexity index is 1090. The molecule has 4 amide bonds. The van der Waals surface area contributed by atoms with Crippen LogP contribution < -0.4 is 26.4 Å². The van der Waals surface area contributed by atoms with Gasteiger partial charge in [0.15, 0.2) is 5.78 Å². The molecule has 1 aliphatic heterocycles. The Balaban J connectivity index is 1.81. The average molecular weight is 497 g/mol. The van der Waals surface area contributed by atoms with Gasteiger partial charge in [0.25, 0.3) is 0 Å². The van der Waals surface area contributed by atoms with Crippen molar-refractivity contribution in [2.45, 2.75) is 50.4 Å². The van der Waals surface area contributed by atoms with Gasteiger partial charge in [0, 0.05) is 6.42 Å². The predicted molar refractivity (Wildman–Crippen MR) is 132 cm³/mol. The van der Waals surface area contributed by atoms with Crippen LogP contribution in [0.15, 0.2) is 54.6 Å². The molecule has 192 valence electrons. The summed E-state index contributed by atoms with van der Waals surface area (Å²) >= 11 is 0. The molecule has 0 aliphatic carbocycles. The number of carbonyl (C=O) groups is 4. The maximum Gasteiger partial charge on any atom is 0.312 e. The van der Waals surface area contributed by atoms with Gasteiger partial charge in [0.1, 0.15) is 23.4 Å². The van der Waals surface area contributed by atoms with Crippen LogP contribution in [0.2, 0.25) is 0 Å². The fourth-order valence-electron chi connectivity index (χ4n) is 3.73. The van der Waals surface area contributed by atoms with Crippen LogP contribution in [0.1, 0.15) is 25.0 Å². The van der Waals surface area contributed by atoms with E-state index >= 15 is 0 Å².